The first-order valence-corrected chi connectivity index (χ1v) is 10.6. The summed E-state index contributed by atoms with van der Waals surface area (Å²) >= 11 is 6.12. The van der Waals surface area contributed by atoms with Crippen molar-refractivity contribution in [3.05, 3.63) is 52.8 Å². The molecule has 1 atom stereocenters. The minimum Gasteiger partial charge on any atom is -0.352 e. The lowest BCUT2D eigenvalue weighted by atomic mass is 9.93. The number of hydrogen-bond acceptors (Lipinski definition) is 3. The van der Waals surface area contributed by atoms with Gasteiger partial charge in [0, 0.05) is 50.7 Å². The third kappa shape index (κ3) is 6.60. The summed E-state index contributed by atoms with van der Waals surface area (Å²) in [7, 11) is 1.88. The van der Waals surface area contributed by atoms with Gasteiger partial charge >= 0.3 is 0 Å². The van der Waals surface area contributed by atoms with Crippen molar-refractivity contribution in [1.29, 1.82) is 0 Å². The predicted octanol–water partition coefficient (Wildman–Crippen LogP) is 3.34. The van der Waals surface area contributed by atoms with Crippen LogP contribution in [0.3, 0.4) is 0 Å². The number of hydrogen-bond donors (Lipinski definition) is 1. The maximum Gasteiger partial charge on any atom is 0.222 e. The molecule has 2 amide bonds. The number of aromatic nitrogens is 2. The van der Waals surface area contributed by atoms with E-state index in [4.69, 9.17) is 11.6 Å². The van der Waals surface area contributed by atoms with Gasteiger partial charge in [-0.25, -0.2) is 0 Å². The minimum atomic E-state index is 0.0324. The molecule has 0 aliphatic carbocycles. The molecule has 2 heterocycles. The van der Waals surface area contributed by atoms with Gasteiger partial charge in [-0.15, -0.1) is 0 Å². The molecule has 1 saturated heterocycles. The average Bonchev–Trinajstić information content (AvgIpc) is 3.15. The fraction of sp³-hybridized carbons (Fsp3) is 0.500. The molecular formula is C22H29ClN4O2. The zero-order valence-corrected chi connectivity index (χ0v) is 17.7. The molecule has 7 heteroatoms. The molecule has 0 spiro atoms. The van der Waals surface area contributed by atoms with Gasteiger partial charge in [0.05, 0.1) is 6.20 Å². The van der Waals surface area contributed by atoms with Crippen molar-refractivity contribution in [2.75, 3.05) is 13.1 Å². The molecule has 1 fully saturated rings. The van der Waals surface area contributed by atoms with Gasteiger partial charge in [-0.05, 0) is 48.8 Å². The van der Waals surface area contributed by atoms with Crippen molar-refractivity contribution < 1.29 is 9.59 Å². The fourth-order valence-electron chi connectivity index (χ4n) is 3.80. The first-order chi connectivity index (χ1) is 14.0. The SMILES string of the molecule is Cn1cc(CCC(=O)N2CCCC(CCC(=O)NCc3ccccc3Cl)C2)cn1. The van der Waals surface area contributed by atoms with Gasteiger partial charge in [0.1, 0.15) is 0 Å². The molecule has 29 heavy (non-hydrogen) atoms. The number of aryl methyl sites for hydroxylation is 2. The van der Waals surface area contributed by atoms with E-state index in [-0.39, 0.29) is 11.8 Å². The molecule has 1 aromatic heterocycles. The molecule has 1 aliphatic rings. The van der Waals surface area contributed by atoms with E-state index in [2.05, 4.69) is 10.4 Å². The van der Waals surface area contributed by atoms with E-state index in [1.54, 1.807) is 4.68 Å². The standard InChI is InChI=1S/C22H29ClN4O2/c1-26-15-18(13-25-26)9-11-22(29)27-12-4-5-17(16-27)8-10-21(28)24-14-19-6-2-3-7-20(19)23/h2-3,6-7,13,15,17H,4-5,8-12,14,16H2,1H3,(H,24,28). The molecule has 0 bridgehead atoms. The molecule has 1 aromatic carbocycles. The lowest BCUT2D eigenvalue weighted by Crippen LogP contribution is -2.40. The number of likely N-dealkylation sites (tertiary alicyclic amines) is 1. The third-order valence-electron chi connectivity index (χ3n) is 5.47. The Kier molecular flexibility index (Phi) is 7.69. The van der Waals surface area contributed by atoms with Crippen LogP contribution in [0.25, 0.3) is 0 Å². The molecule has 1 aliphatic heterocycles. The van der Waals surface area contributed by atoms with E-state index in [1.807, 2.05) is 48.6 Å². The van der Waals surface area contributed by atoms with Crippen molar-refractivity contribution in [1.82, 2.24) is 20.0 Å². The first kappa shape index (κ1) is 21.4. The Hall–Kier alpha value is -2.34. The van der Waals surface area contributed by atoms with Crippen LogP contribution in [0.4, 0.5) is 0 Å². The maximum absolute atomic E-state index is 12.6. The van der Waals surface area contributed by atoms with E-state index in [1.165, 1.54) is 0 Å². The van der Waals surface area contributed by atoms with Crippen LogP contribution in [0.1, 0.15) is 43.2 Å². The van der Waals surface area contributed by atoms with Crippen LogP contribution < -0.4 is 5.32 Å². The van der Waals surface area contributed by atoms with Gasteiger partial charge in [0.25, 0.3) is 0 Å². The second-order valence-electron chi connectivity index (χ2n) is 7.78. The highest BCUT2D eigenvalue weighted by Gasteiger charge is 2.24. The van der Waals surface area contributed by atoms with Crippen LogP contribution in [0.5, 0.6) is 0 Å². The normalized spacial score (nSPS) is 16.6. The number of nitrogens with zero attached hydrogens (tertiary/aromatic N) is 3. The van der Waals surface area contributed by atoms with Gasteiger partial charge in [-0.3, -0.25) is 14.3 Å². The molecule has 0 saturated carbocycles. The Morgan fingerprint density at radius 2 is 2.10 bits per heavy atom. The average molecular weight is 417 g/mol. The number of benzene rings is 1. The lowest BCUT2D eigenvalue weighted by Gasteiger charge is -2.33. The molecule has 156 valence electrons. The number of nitrogens with one attached hydrogen (secondary N) is 1. The summed E-state index contributed by atoms with van der Waals surface area (Å²) in [6.45, 7) is 2.02. The molecule has 3 rings (SSSR count). The number of piperidine rings is 1. The second-order valence-corrected chi connectivity index (χ2v) is 8.18. The number of carbonyl (C=O) groups excluding carboxylic acids is 2. The Balaban J connectivity index is 1.38. The number of halogens is 1. The Labute approximate surface area is 177 Å². The first-order valence-electron chi connectivity index (χ1n) is 10.3. The van der Waals surface area contributed by atoms with E-state index in [0.717, 1.165) is 49.9 Å². The topological polar surface area (TPSA) is 67.2 Å². The second kappa shape index (κ2) is 10.4. The Bertz CT molecular complexity index is 836. The highest BCUT2D eigenvalue weighted by molar-refractivity contribution is 6.31. The van der Waals surface area contributed by atoms with Crippen molar-refractivity contribution in [3.63, 3.8) is 0 Å². The van der Waals surface area contributed by atoms with Crippen LogP contribution in [0.2, 0.25) is 5.02 Å². The summed E-state index contributed by atoms with van der Waals surface area (Å²) in [6, 6.07) is 7.53. The number of rotatable bonds is 8. The summed E-state index contributed by atoms with van der Waals surface area (Å²) in [6.07, 6.45) is 8.36. The summed E-state index contributed by atoms with van der Waals surface area (Å²) in [5, 5.41) is 7.75. The van der Waals surface area contributed by atoms with E-state index < -0.39 is 0 Å². The Morgan fingerprint density at radius 1 is 1.28 bits per heavy atom. The van der Waals surface area contributed by atoms with Crippen molar-refractivity contribution in [2.24, 2.45) is 13.0 Å². The van der Waals surface area contributed by atoms with Gasteiger partial charge in [0.15, 0.2) is 0 Å². The lowest BCUT2D eigenvalue weighted by molar-refractivity contribution is -0.133. The predicted molar refractivity (Wildman–Crippen MR) is 113 cm³/mol. The Morgan fingerprint density at radius 3 is 2.86 bits per heavy atom. The summed E-state index contributed by atoms with van der Waals surface area (Å²) in [5.74, 6) is 0.615. The number of amides is 2. The zero-order chi connectivity index (χ0) is 20.6. The highest BCUT2D eigenvalue weighted by Crippen LogP contribution is 2.22. The fourth-order valence-corrected chi connectivity index (χ4v) is 4.00. The van der Waals surface area contributed by atoms with Crippen LogP contribution in [-0.4, -0.2) is 39.6 Å². The number of carbonyl (C=O) groups is 2. The third-order valence-corrected chi connectivity index (χ3v) is 5.84. The largest absolute Gasteiger partial charge is 0.352 e. The molecular weight excluding hydrogens is 388 g/mol. The quantitative estimate of drug-likeness (QED) is 0.717. The monoisotopic (exact) mass is 416 g/mol. The van der Waals surface area contributed by atoms with Gasteiger partial charge < -0.3 is 10.2 Å². The molecule has 1 N–H and O–H groups in total. The van der Waals surface area contributed by atoms with Crippen LogP contribution in [-0.2, 0) is 29.6 Å². The smallest absolute Gasteiger partial charge is 0.222 e. The van der Waals surface area contributed by atoms with Crippen molar-refractivity contribution in [3.8, 4) is 0 Å². The minimum absolute atomic E-state index is 0.0324. The van der Waals surface area contributed by atoms with Gasteiger partial charge in [-0.2, -0.15) is 5.10 Å². The van der Waals surface area contributed by atoms with E-state index in [9.17, 15) is 9.59 Å². The summed E-state index contributed by atoms with van der Waals surface area (Å²) < 4.78 is 1.76. The summed E-state index contributed by atoms with van der Waals surface area (Å²) in [5.41, 5.74) is 2.01. The van der Waals surface area contributed by atoms with Gasteiger partial charge in [0.2, 0.25) is 11.8 Å². The van der Waals surface area contributed by atoms with Crippen LogP contribution in [0, 0.1) is 5.92 Å². The van der Waals surface area contributed by atoms with E-state index >= 15 is 0 Å². The van der Waals surface area contributed by atoms with E-state index in [0.29, 0.717) is 30.3 Å². The molecule has 0 radical (unpaired) electrons. The zero-order valence-electron chi connectivity index (χ0n) is 16.9. The van der Waals surface area contributed by atoms with Crippen LogP contribution in [0.15, 0.2) is 36.7 Å². The van der Waals surface area contributed by atoms with Crippen molar-refractivity contribution in [2.45, 2.75) is 45.1 Å². The molecule has 6 nitrogen and oxygen atoms in total. The van der Waals surface area contributed by atoms with Crippen molar-refractivity contribution >= 4 is 23.4 Å². The summed E-state index contributed by atoms with van der Waals surface area (Å²) in [4.78, 5) is 26.7. The highest BCUT2D eigenvalue weighted by atomic mass is 35.5. The maximum atomic E-state index is 12.6. The van der Waals surface area contributed by atoms with Gasteiger partial charge in [-0.1, -0.05) is 29.8 Å². The molecule has 2 aromatic rings. The molecule has 1 unspecified atom stereocenters. The van der Waals surface area contributed by atoms with Crippen LogP contribution >= 0.6 is 11.6 Å².